The van der Waals surface area contributed by atoms with Crippen LogP contribution < -0.4 is 4.74 Å². The third kappa shape index (κ3) is 5.70. The van der Waals surface area contributed by atoms with E-state index < -0.39 is 6.17 Å². The molecule has 1 fully saturated rings. The van der Waals surface area contributed by atoms with Crippen molar-refractivity contribution in [2.24, 2.45) is 0 Å². The Kier molecular flexibility index (Phi) is 7.20. The summed E-state index contributed by atoms with van der Waals surface area (Å²) < 4.78 is 5.25. The quantitative estimate of drug-likeness (QED) is 0.508. The van der Waals surface area contributed by atoms with Crippen molar-refractivity contribution in [2.45, 2.75) is 45.2 Å². The zero-order valence-electron chi connectivity index (χ0n) is 20.9. The van der Waals surface area contributed by atoms with Crippen LogP contribution >= 0.6 is 0 Å². The third-order valence-corrected chi connectivity index (χ3v) is 6.49. The van der Waals surface area contributed by atoms with Crippen molar-refractivity contribution < 1.29 is 14.3 Å². The fourth-order valence-electron chi connectivity index (χ4n) is 4.43. The highest BCUT2D eigenvalue weighted by Gasteiger charge is 2.41. The molecule has 6 nitrogen and oxygen atoms in total. The second kappa shape index (κ2) is 10.3. The molecular weight excluding hydrogens is 438 g/mol. The molecule has 1 unspecified atom stereocenters. The summed E-state index contributed by atoms with van der Waals surface area (Å²) in [5.41, 5.74) is 4.12. The standard InChI is InChI=1S/C29H33N3O3/c1-29(2,3)24-11-9-23(10-12-24)28-31(17-15-21-7-13-25(35-4)14-8-21)27(34)20-32(28)26(33)18-22-6-5-16-30-19-22/h5-14,16,19,28H,15,17-18,20H2,1-4H3. The van der Waals surface area contributed by atoms with E-state index in [1.165, 1.54) is 5.56 Å². The van der Waals surface area contributed by atoms with Crippen LogP contribution in [-0.2, 0) is 27.8 Å². The third-order valence-electron chi connectivity index (χ3n) is 6.49. The number of methoxy groups -OCH3 is 1. The van der Waals surface area contributed by atoms with Crippen molar-refractivity contribution >= 4 is 11.8 Å². The topological polar surface area (TPSA) is 62.7 Å². The molecule has 0 spiro atoms. The number of hydrogen-bond acceptors (Lipinski definition) is 4. The molecule has 2 aromatic carbocycles. The highest BCUT2D eigenvalue weighted by Crippen LogP contribution is 2.33. The molecule has 2 heterocycles. The molecule has 0 aliphatic carbocycles. The number of nitrogens with zero attached hydrogens (tertiary/aromatic N) is 3. The molecule has 1 aromatic heterocycles. The summed E-state index contributed by atoms with van der Waals surface area (Å²) in [5, 5.41) is 0. The molecule has 3 aromatic rings. The second-order valence-electron chi connectivity index (χ2n) is 9.99. The van der Waals surface area contributed by atoms with Gasteiger partial charge in [0.25, 0.3) is 0 Å². The van der Waals surface area contributed by atoms with Gasteiger partial charge in [0.05, 0.1) is 13.5 Å². The van der Waals surface area contributed by atoms with E-state index in [9.17, 15) is 9.59 Å². The highest BCUT2D eigenvalue weighted by molar-refractivity contribution is 5.89. The molecule has 1 atom stereocenters. The van der Waals surface area contributed by atoms with Crippen LogP contribution in [0.3, 0.4) is 0 Å². The summed E-state index contributed by atoms with van der Waals surface area (Å²) in [6, 6.07) is 19.9. The van der Waals surface area contributed by atoms with Gasteiger partial charge in [-0.3, -0.25) is 14.6 Å². The maximum atomic E-state index is 13.4. The van der Waals surface area contributed by atoms with Crippen LogP contribution in [0.5, 0.6) is 5.75 Å². The van der Waals surface area contributed by atoms with E-state index in [1.54, 1.807) is 24.4 Å². The molecule has 0 bridgehead atoms. The molecule has 0 radical (unpaired) electrons. The first-order chi connectivity index (χ1) is 16.8. The fraction of sp³-hybridized carbons (Fsp3) is 0.345. The predicted octanol–water partition coefficient (Wildman–Crippen LogP) is 4.54. The smallest absolute Gasteiger partial charge is 0.244 e. The zero-order chi connectivity index (χ0) is 25.0. The Morgan fingerprint density at radius 3 is 2.34 bits per heavy atom. The normalized spacial score (nSPS) is 16.0. The van der Waals surface area contributed by atoms with Crippen molar-refractivity contribution in [3.05, 3.63) is 95.3 Å². The monoisotopic (exact) mass is 471 g/mol. The number of carbonyl (C=O) groups excluding carboxylic acids is 2. The maximum Gasteiger partial charge on any atom is 0.244 e. The van der Waals surface area contributed by atoms with E-state index in [1.807, 2.05) is 41.3 Å². The Morgan fingerprint density at radius 2 is 1.74 bits per heavy atom. The molecule has 35 heavy (non-hydrogen) atoms. The molecule has 2 amide bonds. The molecule has 0 N–H and O–H groups in total. The van der Waals surface area contributed by atoms with Gasteiger partial charge in [-0.05, 0) is 52.3 Å². The number of rotatable bonds is 7. The van der Waals surface area contributed by atoms with E-state index in [4.69, 9.17) is 4.74 Å². The van der Waals surface area contributed by atoms with E-state index in [2.05, 4.69) is 50.0 Å². The molecule has 4 rings (SSSR count). The van der Waals surface area contributed by atoms with Gasteiger partial charge in [0.2, 0.25) is 11.8 Å². The van der Waals surface area contributed by atoms with Crippen LogP contribution in [0.1, 0.15) is 49.2 Å². The van der Waals surface area contributed by atoms with E-state index in [0.29, 0.717) is 13.0 Å². The van der Waals surface area contributed by atoms with Gasteiger partial charge in [-0.2, -0.15) is 0 Å². The van der Waals surface area contributed by atoms with E-state index in [0.717, 1.165) is 22.4 Å². The van der Waals surface area contributed by atoms with Gasteiger partial charge in [0.15, 0.2) is 0 Å². The predicted molar refractivity (Wildman–Crippen MR) is 136 cm³/mol. The first-order valence-corrected chi connectivity index (χ1v) is 12.0. The van der Waals surface area contributed by atoms with Crippen LogP contribution in [0, 0.1) is 0 Å². The lowest BCUT2D eigenvalue weighted by atomic mass is 9.86. The minimum absolute atomic E-state index is 0.0217. The first kappa shape index (κ1) is 24.5. The Bertz CT molecular complexity index is 1150. The number of amides is 2. The van der Waals surface area contributed by atoms with Crippen molar-refractivity contribution in [3.63, 3.8) is 0 Å². The molecule has 0 saturated carbocycles. The summed E-state index contributed by atoms with van der Waals surface area (Å²) >= 11 is 0. The van der Waals surface area contributed by atoms with Crippen LogP contribution in [0.4, 0.5) is 0 Å². The highest BCUT2D eigenvalue weighted by atomic mass is 16.5. The maximum absolute atomic E-state index is 13.4. The van der Waals surface area contributed by atoms with Crippen LogP contribution in [-0.4, -0.2) is 46.8 Å². The number of ether oxygens (including phenoxy) is 1. The summed E-state index contributed by atoms with van der Waals surface area (Å²) in [5.74, 6) is 0.682. The van der Waals surface area contributed by atoms with Crippen molar-refractivity contribution in [1.29, 1.82) is 0 Å². The molecule has 1 aliphatic heterocycles. The fourth-order valence-corrected chi connectivity index (χ4v) is 4.43. The number of pyridine rings is 1. The minimum Gasteiger partial charge on any atom is -0.497 e. The Balaban J connectivity index is 1.60. The average Bonchev–Trinajstić information content (AvgIpc) is 3.19. The molecule has 6 heteroatoms. The lowest BCUT2D eigenvalue weighted by Crippen LogP contribution is -2.37. The van der Waals surface area contributed by atoms with Crippen LogP contribution in [0.15, 0.2) is 73.1 Å². The van der Waals surface area contributed by atoms with Gasteiger partial charge >= 0.3 is 0 Å². The van der Waals surface area contributed by atoms with Gasteiger partial charge < -0.3 is 14.5 Å². The Morgan fingerprint density at radius 1 is 1.03 bits per heavy atom. The summed E-state index contributed by atoms with van der Waals surface area (Å²) in [4.78, 5) is 34.2. The summed E-state index contributed by atoms with van der Waals surface area (Å²) in [6.45, 7) is 7.12. The van der Waals surface area contributed by atoms with E-state index in [-0.39, 0.29) is 30.2 Å². The molecule has 1 aliphatic rings. The summed E-state index contributed by atoms with van der Waals surface area (Å²) in [7, 11) is 1.64. The lowest BCUT2D eigenvalue weighted by Gasteiger charge is -2.31. The van der Waals surface area contributed by atoms with Crippen LogP contribution in [0.2, 0.25) is 0 Å². The largest absolute Gasteiger partial charge is 0.497 e. The van der Waals surface area contributed by atoms with Gasteiger partial charge in [-0.25, -0.2) is 0 Å². The van der Waals surface area contributed by atoms with Gasteiger partial charge in [-0.1, -0.05) is 63.2 Å². The number of hydrogen-bond donors (Lipinski definition) is 0. The number of benzene rings is 2. The SMILES string of the molecule is COc1ccc(CCN2C(=O)CN(C(=O)Cc3cccnc3)C2c2ccc(C(C)(C)C)cc2)cc1. The van der Waals surface area contributed by atoms with Crippen LogP contribution in [0.25, 0.3) is 0 Å². The molecule has 1 saturated heterocycles. The number of carbonyl (C=O) groups is 2. The molecular formula is C29H33N3O3. The second-order valence-corrected chi connectivity index (χ2v) is 9.99. The van der Waals surface area contributed by atoms with Crippen molar-refractivity contribution in [1.82, 2.24) is 14.8 Å². The number of aromatic nitrogens is 1. The van der Waals surface area contributed by atoms with Gasteiger partial charge in [0, 0.05) is 18.9 Å². The van der Waals surface area contributed by atoms with Gasteiger partial charge in [0.1, 0.15) is 18.5 Å². The summed E-state index contributed by atoms with van der Waals surface area (Å²) in [6.07, 6.45) is 3.86. The first-order valence-electron chi connectivity index (χ1n) is 12.0. The average molecular weight is 472 g/mol. The molecule has 182 valence electrons. The van der Waals surface area contributed by atoms with Crippen molar-refractivity contribution in [3.8, 4) is 5.75 Å². The minimum atomic E-state index is -0.432. The van der Waals surface area contributed by atoms with E-state index >= 15 is 0 Å². The van der Waals surface area contributed by atoms with Gasteiger partial charge in [-0.15, -0.1) is 0 Å². The van der Waals surface area contributed by atoms with Crippen molar-refractivity contribution in [2.75, 3.05) is 20.2 Å². The lowest BCUT2D eigenvalue weighted by molar-refractivity contribution is -0.133. The zero-order valence-corrected chi connectivity index (χ0v) is 20.9. The Hall–Kier alpha value is -3.67. The Labute approximate surface area is 207 Å².